The maximum Gasteiger partial charge on any atom is 0.294 e. The maximum atomic E-state index is 10.6. The molecular weight excluding hydrogens is 206 g/mol. The van der Waals surface area contributed by atoms with E-state index < -0.39 is 10.1 Å². The predicted molar refractivity (Wildman–Crippen MR) is 51.1 cm³/mol. The van der Waals surface area contributed by atoms with Crippen molar-refractivity contribution in [1.29, 1.82) is 0 Å². The Morgan fingerprint density at radius 3 is 2.00 bits per heavy atom. The van der Waals surface area contributed by atoms with Crippen molar-refractivity contribution in [2.24, 2.45) is 0 Å². The molecule has 0 aliphatic heterocycles. The average Bonchev–Trinajstić information content (AvgIpc) is 2.04. The first-order valence-corrected chi connectivity index (χ1v) is 4.89. The molecule has 0 spiro atoms. The van der Waals surface area contributed by atoms with Crippen LogP contribution in [0.5, 0.6) is 0 Å². The standard InChI is InChI=1S/C7H8O3S.N3/c1-6-4-2-3-5-7(6)11(8,9)10;1-3-2/h2-5H,1H3,(H,8,9,10);/q;-1. The van der Waals surface area contributed by atoms with Crippen LogP contribution in [0.25, 0.3) is 16.0 Å². The van der Waals surface area contributed by atoms with Crippen LogP contribution in [0.2, 0.25) is 0 Å². The Morgan fingerprint density at radius 2 is 1.71 bits per heavy atom. The summed E-state index contributed by atoms with van der Waals surface area (Å²) in [5.41, 5.74) is 14.1. The second kappa shape index (κ2) is 5.23. The Labute approximate surface area is 81.4 Å². The highest BCUT2D eigenvalue weighted by Crippen LogP contribution is 2.12. The molecule has 0 aromatic heterocycles. The topological polar surface area (TPSA) is 113 Å². The highest BCUT2D eigenvalue weighted by Gasteiger charge is 2.10. The summed E-state index contributed by atoms with van der Waals surface area (Å²) in [4.78, 5) is 1.47. The molecule has 1 aromatic carbocycles. The summed E-state index contributed by atoms with van der Waals surface area (Å²) < 4.78 is 29.9. The van der Waals surface area contributed by atoms with Crippen LogP contribution in [0.3, 0.4) is 0 Å². The zero-order valence-corrected chi connectivity index (χ0v) is 8.14. The van der Waals surface area contributed by atoms with Crippen LogP contribution in [0.1, 0.15) is 5.56 Å². The van der Waals surface area contributed by atoms with E-state index in [4.69, 9.17) is 15.6 Å². The van der Waals surface area contributed by atoms with Gasteiger partial charge in [-0.1, -0.05) is 18.2 Å². The molecule has 0 radical (unpaired) electrons. The van der Waals surface area contributed by atoms with Crippen LogP contribution >= 0.6 is 0 Å². The second-order valence-corrected chi connectivity index (χ2v) is 3.72. The fourth-order valence-corrected chi connectivity index (χ4v) is 1.57. The van der Waals surface area contributed by atoms with Gasteiger partial charge in [-0.25, -0.2) is 0 Å². The van der Waals surface area contributed by atoms with Crippen molar-refractivity contribution in [2.75, 3.05) is 0 Å². The zero-order valence-electron chi connectivity index (χ0n) is 7.32. The minimum Gasteiger partial charge on any atom is -0.373 e. The van der Waals surface area contributed by atoms with Gasteiger partial charge < -0.3 is 11.1 Å². The molecule has 0 bridgehead atoms. The second-order valence-electron chi connectivity index (χ2n) is 2.33. The van der Waals surface area contributed by atoms with Gasteiger partial charge >= 0.3 is 0 Å². The lowest BCUT2D eigenvalue weighted by Gasteiger charge is -1.99. The van der Waals surface area contributed by atoms with E-state index in [2.05, 4.69) is 0 Å². The quantitative estimate of drug-likeness (QED) is 0.334. The first-order valence-electron chi connectivity index (χ1n) is 3.45. The highest BCUT2D eigenvalue weighted by molar-refractivity contribution is 7.85. The number of aryl methyl sites for hydroxylation is 1. The molecule has 0 aliphatic rings. The lowest BCUT2D eigenvalue weighted by Crippen LogP contribution is -1.99. The highest BCUT2D eigenvalue weighted by atomic mass is 32.2. The third-order valence-corrected chi connectivity index (χ3v) is 2.39. The van der Waals surface area contributed by atoms with Gasteiger partial charge in [-0.05, 0) is 18.6 Å². The van der Waals surface area contributed by atoms with Gasteiger partial charge in [-0.15, -0.1) is 0 Å². The van der Waals surface area contributed by atoms with Crippen molar-refractivity contribution < 1.29 is 13.0 Å². The number of hydrogen-bond acceptors (Lipinski definition) is 2. The first kappa shape index (κ1) is 12.4. The largest absolute Gasteiger partial charge is 0.373 e. The summed E-state index contributed by atoms with van der Waals surface area (Å²) in [7, 11) is -4.03. The Morgan fingerprint density at radius 1 is 1.29 bits per heavy atom. The van der Waals surface area contributed by atoms with Crippen LogP contribution in [-0.2, 0) is 10.1 Å². The van der Waals surface area contributed by atoms with Crippen molar-refractivity contribution in [3.63, 3.8) is 0 Å². The molecule has 1 N–H and O–H groups in total. The fourth-order valence-electron chi connectivity index (χ4n) is 0.846. The van der Waals surface area contributed by atoms with E-state index in [1.165, 1.54) is 11.0 Å². The SMILES string of the molecule is Cc1ccccc1S(=O)(=O)O.[N-]=[N+]=[N-]. The lowest BCUT2D eigenvalue weighted by molar-refractivity contribution is 0.482. The maximum absolute atomic E-state index is 10.6. The van der Waals surface area contributed by atoms with Crippen LogP contribution in [0, 0.1) is 6.92 Å². The molecule has 76 valence electrons. The van der Waals surface area contributed by atoms with Crippen LogP contribution < -0.4 is 0 Å². The minimum absolute atomic E-state index is 0.0278. The molecule has 14 heavy (non-hydrogen) atoms. The third kappa shape index (κ3) is 3.90. The van der Waals surface area contributed by atoms with Gasteiger partial charge in [0.2, 0.25) is 0 Å². The Balaban J connectivity index is 0.000000500. The first-order chi connectivity index (χ1) is 6.43. The number of nitrogens with zero attached hydrogens (tertiary/aromatic N) is 3. The molecule has 0 saturated heterocycles. The van der Waals surface area contributed by atoms with Gasteiger partial charge in [0.1, 0.15) is 0 Å². The summed E-state index contributed by atoms with van der Waals surface area (Å²) in [6.45, 7) is 1.63. The van der Waals surface area contributed by atoms with Crippen molar-refractivity contribution in [1.82, 2.24) is 0 Å². The van der Waals surface area contributed by atoms with Crippen molar-refractivity contribution in [2.45, 2.75) is 11.8 Å². The summed E-state index contributed by atoms with van der Waals surface area (Å²) >= 11 is 0. The minimum atomic E-state index is -4.03. The normalized spacial score (nSPS) is 9.57. The smallest absolute Gasteiger partial charge is 0.294 e. The van der Waals surface area contributed by atoms with Crippen molar-refractivity contribution in [3.05, 3.63) is 45.8 Å². The van der Waals surface area contributed by atoms with E-state index in [0.717, 1.165) is 0 Å². The predicted octanol–water partition coefficient (Wildman–Crippen LogP) is 2.11. The molecule has 1 aromatic rings. The zero-order chi connectivity index (χ0) is 11.2. The van der Waals surface area contributed by atoms with E-state index >= 15 is 0 Å². The van der Waals surface area contributed by atoms with E-state index in [1.54, 1.807) is 25.1 Å². The van der Waals surface area contributed by atoms with Gasteiger partial charge in [0.05, 0.1) is 4.90 Å². The molecule has 7 heteroatoms. The Hall–Kier alpha value is -1.56. The van der Waals surface area contributed by atoms with Gasteiger partial charge in [-0.2, -0.15) is 8.42 Å². The van der Waals surface area contributed by atoms with E-state index in [9.17, 15) is 8.42 Å². The summed E-state index contributed by atoms with van der Waals surface area (Å²) in [6, 6.07) is 6.27. The van der Waals surface area contributed by atoms with Crippen LogP contribution in [0.15, 0.2) is 29.2 Å². The molecule has 0 unspecified atom stereocenters. The molecule has 0 atom stereocenters. The summed E-state index contributed by atoms with van der Waals surface area (Å²) in [5.74, 6) is 0. The monoisotopic (exact) mass is 214 g/mol. The Kier molecular flexibility index (Phi) is 4.65. The molecule has 0 saturated carbocycles. The molecule has 6 nitrogen and oxygen atoms in total. The van der Waals surface area contributed by atoms with Crippen LogP contribution in [0.4, 0.5) is 0 Å². The summed E-state index contributed by atoms with van der Waals surface area (Å²) in [5, 5.41) is 0. The fraction of sp³-hybridized carbons (Fsp3) is 0.143. The van der Waals surface area contributed by atoms with Crippen LogP contribution in [-0.4, -0.2) is 13.0 Å². The molecular formula is C7H8N3O3S-. The van der Waals surface area contributed by atoms with E-state index in [0.29, 0.717) is 5.56 Å². The molecule has 0 heterocycles. The van der Waals surface area contributed by atoms with E-state index in [-0.39, 0.29) is 4.90 Å². The van der Waals surface area contributed by atoms with E-state index in [1.807, 2.05) is 0 Å². The number of hydrogen-bond donors (Lipinski definition) is 1. The third-order valence-electron chi connectivity index (χ3n) is 1.37. The van der Waals surface area contributed by atoms with Gasteiger partial charge in [0, 0.05) is 0 Å². The lowest BCUT2D eigenvalue weighted by atomic mass is 10.2. The molecule has 0 aliphatic carbocycles. The molecule has 0 amide bonds. The summed E-state index contributed by atoms with van der Waals surface area (Å²) in [6.07, 6.45) is 0. The van der Waals surface area contributed by atoms with Gasteiger partial charge in [-0.3, -0.25) is 9.46 Å². The van der Waals surface area contributed by atoms with Gasteiger partial charge in [0.15, 0.2) is 0 Å². The molecule has 0 fully saturated rings. The molecule has 1 rings (SSSR count). The van der Waals surface area contributed by atoms with Crippen molar-refractivity contribution >= 4 is 10.1 Å². The average molecular weight is 214 g/mol. The Bertz CT molecular complexity index is 435. The van der Waals surface area contributed by atoms with Crippen molar-refractivity contribution in [3.8, 4) is 0 Å². The number of benzene rings is 1. The number of rotatable bonds is 1. The van der Waals surface area contributed by atoms with Gasteiger partial charge in [0.25, 0.3) is 10.1 Å².